The summed E-state index contributed by atoms with van der Waals surface area (Å²) < 4.78 is 0. The van der Waals surface area contributed by atoms with Gasteiger partial charge in [0.2, 0.25) is 0 Å². The summed E-state index contributed by atoms with van der Waals surface area (Å²) in [5, 5.41) is 22.2. The van der Waals surface area contributed by atoms with E-state index in [9.17, 15) is 15.0 Å². The fraction of sp³-hybridized carbons (Fsp3) is 0.562. The Kier molecular flexibility index (Phi) is 5.01. The SMILES string of the molecule is CC(NCC1CCCCC1C(=O)O)c1cccc(O)c1. The second kappa shape index (κ2) is 6.75. The van der Waals surface area contributed by atoms with E-state index in [1.807, 2.05) is 19.1 Å². The van der Waals surface area contributed by atoms with Gasteiger partial charge in [0.1, 0.15) is 5.75 Å². The summed E-state index contributed by atoms with van der Waals surface area (Å²) >= 11 is 0. The number of carboxylic acids is 1. The van der Waals surface area contributed by atoms with Gasteiger partial charge >= 0.3 is 5.97 Å². The summed E-state index contributed by atoms with van der Waals surface area (Å²) in [6.07, 6.45) is 3.92. The lowest BCUT2D eigenvalue weighted by molar-refractivity contribution is -0.144. The zero-order valence-electron chi connectivity index (χ0n) is 11.9. The Morgan fingerprint density at radius 3 is 2.85 bits per heavy atom. The lowest BCUT2D eigenvalue weighted by Crippen LogP contribution is -2.35. The molecule has 1 fully saturated rings. The minimum atomic E-state index is -0.665. The lowest BCUT2D eigenvalue weighted by Gasteiger charge is -2.30. The molecule has 0 heterocycles. The van der Waals surface area contributed by atoms with E-state index in [4.69, 9.17) is 0 Å². The van der Waals surface area contributed by atoms with Gasteiger partial charge < -0.3 is 15.5 Å². The van der Waals surface area contributed by atoms with Gasteiger partial charge in [-0.3, -0.25) is 4.79 Å². The number of carboxylic acid groups (broad SMARTS) is 1. The number of phenolic OH excluding ortho intramolecular Hbond substituents is 1. The molecule has 0 spiro atoms. The first kappa shape index (κ1) is 14.9. The van der Waals surface area contributed by atoms with Gasteiger partial charge in [0.15, 0.2) is 0 Å². The summed E-state index contributed by atoms with van der Waals surface area (Å²) in [7, 11) is 0. The average molecular weight is 277 g/mol. The highest BCUT2D eigenvalue weighted by molar-refractivity contribution is 5.70. The van der Waals surface area contributed by atoms with Crippen molar-refractivity contribution in [3.63, 3.8) is 0 Å². The highest BCUT2D eigenvalue weighted by Crippen LogP contribution is 2.30. The van der Waals surface area contributed by atoms with Gasteiger partial charge in [-0.2, -0.15) is 0 Å². The number of hydrogen-bond acceptors (Lipinski definition) is 3. The van der Waals surface area contributed by atoms with Gasteiger partial charge in [0, 0.05) is 6.04 Å². The van der Waals surface area contributed by atoms with Crippen molar-refractivity contribution in [2.24, 2.45) is 11.8 Å². The summed E-state index contributed by atoms with van der Waals surface area (Å²) in [4.78, 5) is 11.3. The Labute approximate surface area is 119 Å². The molecule has 0 amide bonds. The van der Waals surface area contributed by atoms with E-state index >= 15 is 0 Å². The van der Waals surface area contributed by atoms with Crippen LogP contribution in [0.4, 0.5) is 0 Å². The van der Waals surface area contributed by atoms with Crippen molar-refractivity contribution in [2.75, 3.05) is 6.54 Å². The molecule has 20 heavy (non-hydrogen) atoms. The van der Waals surface area contributed by atoms with Crippen LogP contribution in [-0.2, 0) is 4.79 Å². The molecule has 1 aliphatic rings. The summed E-state index contributed by atoms with van der Waals surface area (Å²) in [5.74, 6) is -0.410. The average Bonchev–Trinajstić information content (AvgIpc) is 2.45. The molecular formula is C16H23NO3. The molecule has 1 aromatic rings. The Bertz CT molecular complexity index is 461. The minimum absolute atomic E-state index is 0.110. The van der Waals surface area contributed by atoms with E-state index in [0.29, 0.717) is 6.54 Å². The molecule has 3 unspecified atom stereocenters. The fourth-order valence-corrected chi connectivity index (χ4v) is 3.02. The maximum atomic E-state index is 11.3. The Balaban J connectivity index is 1.91. The number of benzene rings is 1. The van der Waals surface area contributed by atoms with Crippen molar-refractivity contribution in [1.29, 1.82) is 0 Å². The monoisotopic (exact) mass is 277 g/mol. The van der Waals surface area contributed by atoms with Gasteiger partial charge in [-0.15, -0.1) is 0 Å². The second-order valence-electron chi connectivity index (χ2n) is 5.71. The largest absolute Gasteiger partial charge is 0.508 e. The van der Waals surface area contributed by atoms with Crippen LogP contribution in [0, 0.1) is 11.8 Å². The van der Waals surface area contributed by atoms with Crippen LogP contribution in [0.5, 0.6) is 5.75 Å². The van der Waals surface area contributed by atoms with Crippen LogP contribution >= 0.6 is 0 Å². The van der Waals surface area contributed by atoms with E-state index in [1.54, 1.807) is 12.1 Å². The molecule has 0 aliphatic heterocycles. The van der Waals surface area contributed by atoms with Crippen LogP contribution in [0.2, 0.25) is 0 Å². The standard InChI is InChI=1S/C16H23NO3/c1-11(12-6-4-7-14(18)9-12)17-10-13-5-2-3-8-15(13)16(19)20/h4,6-7,9,11,13,15,17-18H,2-3,5,8,10H2,1H3,(H,19,20). The van der Waals surface area contributed by atoms with Crippen molar-refractivity contribution in [2.45, 2.75) is 38.6 Å². The number of phenols is 1. The highest BCUT2D eigenvalue weighted by atomic mass is 16.4. The first-order valence-corrected chi connectivity index (χ1v) is 7.33. The van der Waals surface area contributed by atoms with Crippen LogP contribution in [0.25, 0.3) is 0 Å². The molecule has 0 aromatic heterocycles. The second-order valence-corrected chi connectivity index (χ2v) is 5.71. The molecule has 0 bridgehead atoms. The van der Waals surface area contributed by atoms with E-state index < -0.39 is 5.97 Å². The number of aliphatic carboxylic acids is 1. The van der Waals surface area contributed by atoms with E-state index in [2.05, 4.69) is 5.32 Å². The Morgan fingerprint density at radius 1 is 1.40 bits per heavy atom. The van der Waals surface area contributed by atoms with Crippen LogP contribution in [0.15, 0.2) is 24.3 Å². The molecule has 1 aliphatic carbocycles. The molecule has 3 atom stereocenters. The quantitative estimate of drug-likeness (QED) is 0.774. The van der Waals surface area contributed by atoms with Crippen molar-refractivity contribution in [3.05, 3.63) is 29.8 Å². The van der Waals surface area contributed by atoms with Crippen LogP contribution < -0.4 is 5.32 Å². The smallest absolute Gasteiger partial charge is 0.306 e. The maximum absolute atomic E-state index is 11.3. The van der Waals surface area contributed by atoms with Crippen LogP contribution in [0.1, 0.15) is 44.2 Å². The molecule has 4 nitrogen and oxygen atoms in total. The van der Waals surface area contributed by atoms with Gasteiger partial charge in [-0.1, -0.05) is 25.0 Å². The van der Waals surface area contributed by atoms with Crippen molar-refractivity contribution in [1.82, 2.24) is 5.32 Å². The Hall–Kier alpha value is -1.55. The minimum Gasteiger partial charge on any atom is -0.508 e. The topological polar surface area (TPSA) is 69.6 Å². The van der Waals surface area contributed by atoms with E-state index in [-0.39, 0.29) is 23.6 Å². The molecule has 0 saturated heterocycles. The third kappa shape index (κ3) is 3.73. The normalized spacial score (nSPS) is 24.2. The summed E-state index contributed by atoms with van der Waals surface area (Å²) in [6, 6.07) is 7.29. The molecule has 110 valence electrons. The number of carbonyl (C=O) groups is 1. The predicted octanol–water partition coefficient (Wildman–Crippen LogP) is 2.93. The third-order valence-electron chi connectivity index (χ3n) is 4.28. The van der Waals surface area contributed by atoms with Crippen molar-refractivity contribution in [3.8, 4) is 5.75 Å². The first-order valence-electron chi connectivity index (χ1n) is 7.33. The van der Waals surface area contributed by atoms with Crippen LogP contribution in [-0.4, -0.2) is 22.7 Å². The molecule has 4 heteroatoms. The molecule has 2 rings (SSSR count). The number of rotatable bonds is 5. The zero-order chi connectivity index (χ0) is 14.5. The number of aromatic hydroxyl groups is 1. The third-order valence-corrected chi connectivity index (χ3v) is 4.28. The van der Waals surface area contributed by atoms with Crippen LogP contribution in [0.3, 0.4) is 0 Å². The van der Waals surface area contributed by atoms with E-state index in [1.165, 1.54) is 0 Å². The summed E-state index contributed by atoms with van der Waals surface area (Å²) in [6.45, 7) is 2.75. The van der Waals surface area contributed by atoms with Crippen molar-refractivity contribution < 1.29 is 15.0 Å². The van der Waals surface area contributed by atoms with Gasteiger partial charge in [0.05, 0.1) is 5.92 Å². The molecule has 0 radical (unpaired) electrons. The molecular weight excluding hydrogens is 254 g/mol. The Morgan fingerprint density at radius 2 is 2.15 bits per heavy atom. The lowest BCUT2D eigenvalue weighted by atomic mass is 9.79. The van der Waals surface area contributed by atoms with Gasteiger partial charge in [-0.05, 0) is 49.9 Å². The van der Waals surface area contributed by atoms with E-state index in [0.717, 1.165) is 31.2 Å². The van der Waals surface area contributed by atoms with Crippen molar-refractivity contribution >= 4 is 5.97 Å². The number of hydrogen-bond donors (Lipinski definition) is 3. The zero-order valence-corrected chi connectivity index (χ0v) is 11.9. The molecule has 1 aromatic carbocycles. The number of nitrogens with one attached hydrogen (secondary N) is 1. The first-order chi connectivity index (χ1) is 9.58. The van der Waals surface area contributed by atoms with Gasteiger partial charge in [-0.25, -0.2) is 0 Å². The fourth-order valence-electron chi connectivity index (χ4n) is 3.02. The molecule has 1 saturated carbocycles. The highest BCUT2D eigenvalue weighted by Gasteiger charge is 2.30. The van der Waals surface area contributed by atoms with Gasteiger partial charge in [0.25, 0.3) is 0 Å². The predicted molar refractivity (Wildman–Crippen MR) is 77.6 cm³/mol. The summed E-state index contributed by atoms with van der Waals surface area (Å²) in [5.41, 5.74) is 1.02. The molecule has 3 N–H and O–H groups in total. The maximum Gasteiger partial charge on any atom is 0.306 e.